The van der Waals surface area contributed by atoms with Crippen LogP contribution in [0.5, 0.6) is 0 Å². The number of hydrogen-bond donors (Lipinski definition) is 2. The fourth-order valence-electron chi connectivity index (χ4n) is 3.06. The summed E-state index contributed by atoms with van der Waals surface area (Å²) in [5, 5.41) is 8.32. The number of carbonyl (C=O) groups excluding carboxylic acids is 2. The summed E-state index contributed by atoms with van der Waals surface area (Å²) in [6.07, 6.45) is 5.61. The largest absolute Gasteiger partial charge is 0.465 e. The standard InChI is InChI=1S/C24H22N6O3S/c1-15-5-6-17(22(32)30-24-27-19(14-34-24)8-11-33-16(2)31)12-21(15)29-23-26-10-7-20(28-23)18-4-3-9-25-13-18/h3-7,9-10,12-14H,8,11H2,1-2H3,(H,26,28,29)(H,27,30,32). The lowest BCUT2D eigenvalue weighted by atomic mass is 10.1. The molecule has 0 aliphatic carbocycles. The van der Waals surface area contributed by atoms with Gasteiger partial charge in [0.2, 0.25) is 5.95 Å². The zero-order chi connectivity index (χ0) is 23.9. The van der Waals surface area contributed by atoms with Gasteiger partial charge in [-0.25, -0.2) is 15.0 Å². The Morgan fingerprint density at radius 1 is 1.12 bits per heavy atom. The minimum absolute atomic E-state index is 0.253. The first-order valence-corrected chi connectivity index (χ1v) is 11.4. The number of thiazole rings is 1. The number of aryl methyl sites for hydroxylation is 1. The quantitative estimate of drug-likeness (QED) is 0.361. The molecule has 4 aromatic rings. The van der Waals surface area contributed by atoms with Crippen molar-refractivity contribution in [3.63, 3.8) is 0 Å². The van der Waals surface area contributed by atoms with E-state index >= 15 is 0 Å². The van der Waals surface area contributed by atoms with Crippen LogP contribution < -0.4 is 10.6 Å². The molecule has 0 bridgehead atoms. The van der Waals surface area contributed by atoms with Crippen LogP contribution in [0.3, 0.4) is 0 Å². The van der Waals surface area contributed by atoms with E-state index in [1.54, 1.807) is 30.7 Å². The normalized spacial score (nSPS) is 10.5. The minimum atomic E-state index is -0.332. The van der Waals surface area contributed by atoms with Crippen molar-refractivity contribution in [1.29, 1.82) is 0 Å². The smallest absolute Gasteiger partial charge is 0.302 e. The molecule has 0 aliphatic rings. The van der Waals surface area contributed by atoms with E-state index in [9.17, 15) is 9.59 Å². The van der Waals surface area contributed by atoms with Crippen LogP contribution in [0.15, 0.2) is 60.4 Å². The monoisotopic (exact) mass is 474 g/mol. The minimum Gasteiger partial charge on any atom is -0.465 e. The average molecular weight is 475 g/mol. The highest BCUT2D eigenvalue weighted by Gasteiger charge is 2.12. The number of anilines is 3. The first kappa shape index (κ1) is 23.0. The molecular weight excluding hydrogens is 452 g/mol. The van der Waals surface area contributed by atoms with Crippen molar-refractivity contribution in [3.05, 3.63) is 77.2 Å². The first-order chi connectivity index (χ1) is 16.5. The highest BCUT2D eigenvalue weighted by Crippen LogP contribution is 2.23. The molecule has 4 rings (SSSR count). The van der Waals surface area contributed by atoms with Gasteiger partial charge in [-0.1, -0.05) is 6.07 Å². The van der Waals surface area contributed by atoms with E-state index in [2.05, 4.69) is 30.6 Å². The van der Waals surface area contributed by atoms with Gasteiger partial charge < -0.3 is 10.1 Å². The zero-order valence-corrected chi connectivity index (χ0v) is 19.4. The van der Waals surface area contributed by atoms with Gasteiger partial charge in [-0.05, 0) is 42.8 Å². The third kappa shape index (κ3) is 5.99. The first-order valence-electron chi connectivity index (χ1n) is 10.5. The lowest BCUT2D eigenvalue weighted by Gasteiger charge is -2.11. The van der Waals surface area contributed by atoms with Gasteiger partial charge in [-0.2, -0.15) is 0 Å². The third-order valence-corrected chi connectivity index (χ3v) is 5.60. The number of nitrogens with one attached hydrogen (secondary N) is 2. The molecule has 0 radical (unpaired) electrons. The Hall–Kier alpha value is -4.18. The van der Waals surface area contributed by atoms with Crippen LogP contribution in [0, 0.1) is 6.92 Å². The Labute approximate surface area is 200 Å². The molecule has 2 N–H and O–H groups in total. The van der Waals surface area contributed by atoms with Crippen molar-refractivity contribution in [2.24, 2.45) is 0 Å². The highest BCUT2D eigenvalue weighted by molar-refractivity contribution is 7.14. The number of carbonyl (C=O) groups is 2. The number of rotatable bonds is 8. The van der Waals surface area contributed by atoms with Gasteiger partial charge in [-0.3, -0.25) is 19.9 Å². The second-order valence-corrected chi connectivity index (χ2v) is 8.21. The summed E-state index contributed by atoms with van der Waals surface area (Å²) < 4.78 is 4.93. The summed E-state index contributed by atoms with van der Waals surface area (Å²) in [6.45, 7) is 3.55. The van der Waals surface area contributed by atoms with Crippen LogP contribution in [0.4, 0.5) is 16.8 Å². The van der Waals surface area contributed by atoms with Gasteiger partial charge in [0.25, 0.3) is 5.91 Å². The van der Waals surface area contributed by atoms with Crippen molar-refractivity contribution in [1.82, 2.24) is 19.9 Å². The molecule has 34 heavy (non-hydrogen) atoms. The molecule has 1 amide bonds. The van der Waals surface area contributed by atoms with Crippen molar-refractivity contribution in [2.45, 2.75) is 20.3 Å². The van der Waals surface area contributed by atoms with Gasteiger partial charge in [0.15, 0.2) is 5.13 Å². The number of amides is 1. The summed E-state index contributed by atoms with van der Waals surface area (Å²) in [4.78, 5) is 41.0. The molecule has 0 saturated carbocycles. The summed E-state index contributed by atoms with van der Waals surface area (Å²) in [6, 6.07) is 10.9. The van der Waals surface area contributed by atoms with Gasteiger partial charge in [-0.15, -0.1) is 11.3 Å². The lowest BCUT2D eigenvalue weighted by Crippen LogP contribution is -2.12. The summed E-state index contributed by atoms with van der Waals surface area (Å²) >= 11 is 1.32. The Morgan fingerprint density at radius 3 is 2.79 bits per heavy atom. The van der Waals surface area contributed by atoms with Crippen LogP contribution in [0.2, 0.25) is 0 Å². The topological polar surface area (TPSA) is 119 Å². The number of hydrogen-bond acceptors (Lipinski definition) is 9. The average Bonchev–Trinajstić information content (AvgIpc) is 3.28. The summed E-state index contributed by atoms with van der Waals surface area (Å²) in [5.41, 5.74) is 4.50. The maximum atomic E-state index is 12.8. The van der Waals surface area contributed by atoms with Crippen molar-refractivity contribution in [2.75, 3.05) is 17.2 Å². The van der Waals surface area contributed by atoms with E-state index in [4.69, 9.17) is 4.74 Å². The molecule has 9 nitrogen and oxygen atoms in total. The van der Waals surface area contributed by atoms with Gasteiger partial charge in [0.05, 0.1) is 18.0 Å². The van der Waals surface area contributed by atoms with E-state index in [-0.39, 0.29) is 18.5 Å². The van der Waals surface area contributed by atoms with E-state index < -0.39 is 0 Å². The molecule has 10 heteroatoms. The molecular formula is C24H22N6O3S. The van der Waals surface area contributed by atoms with Gasteiger partial charge in [0.1, 0.15) is 0 Å². The molecule has 0 spiro atoms. The van der Waals surface area contributed by atoms with E-state index in [1.165, 1.54) is 18.3 Å². The number of ether oxygens (including phenoxy) is 1. The molecule has 172 valence electrons. The van der Waals surface area contributed by atoms with Crippen molar-refractivity contribution >= 4 is 40.0 Å². The third-order valence-electron chi connectivity index (χ3n) is 4.79. The van der Waals surface area contributed by atoms with Crippen LogP contribution in [0.1, 0.15) is 28.5 Å². The molecule has 3 heterocycles. The number of esters is 1. The Bertz CT molecular complexity index is 1310. The summed E-state index contributed by atoms with van der Waals surface area (Å²) in [5.74, 6) is -0.199. The maximum Gasteiger partial charge on any atom is 0.302 e. The van der Waals surface area contributed by atoms with Crippen LogP contribution in [0.25, 0.3) is 11.3 Å². The Kier molecular flexibility index (Phi) is 7.19. The maximum absolute atomic E-state index is 12.8. The van der Waals surface area contributed by atoms with Gasteiger partial charge >= 0.3 is 5.97 Å². The zero-order valence-electron chi connectivity index (χ0n) is 18.6. The summed E-state index contributed by atoms with van der Waals surface area (Å²) in [7, 11) is 0. The Balaban J connectivity index is 1.45. The van der Waals surface area contributed by atoms with Crippen LogP contribution >= 0.6 is 11.3 Å². The molecule has 0 saturated heterocycles. The Morgan fingerprint density at radius 2 is 2.00 bits per heavy atom. The van der Waals surface area contributed by atoms with E-state index in [0.717, 1.165) is 28.2 Å². The van der Waals surface area contributed by atoms with Crippen molar-refractivity contribution < 1.29 is 14.3 Å². The second-order valence-electron chi connectivity index (χ2n) is 7.35. The molecule has 0 atom stereocenters. The fraction of sp³-hybridized carbons (Fsp3) is 0.167. The number of nitrogens with zero attached hydrogens (tertiary/aromatic N) is 4. The van der Waals surface area contributed by atoms with Crippen LogP contribution in [-0.2, 0) is 16.0 Å². The van der Waals surface area contributed by atoms with Gasteiger partial charge in [0, 0.05) is 54.1 Å². The number of benzene rings is 1. The van der Waals surface area contributed by atoms with Crippen molar-refractivity contribution in [3.8, 4) is 11.3 Å². The molecule has 0 aliphatic heterocycles. The predicted octanol–water partition coefficient (Wildman–Crippen LogP) is 4.41. The lowest BCUT2D eigenvalue weighted by molar-refractivity contribution is -0.140. The molecule has 0 unspecified atom stereocenters. The highest BCUT2D eigenvalue weighted by atomic mass is 32.1. The molecule has 3 aromatic heterocycles. The fourth-order valence-corrected chi connectivity index (χ4v) is 3.80. The van der Waals surface area contributed by atoms with E-state index in [1.807, 2.05) is 36.6 Å². The number of pyridine rings is 1. The predicted molar refractivity (Wildman–Crippen MR) is 130 cm³/mol. The number of aromatic nitrogens is 4. The van der Waals surface area contributed by atoms with E-state index in [0.29, 0.717) is 23.1 Å². The molecule has 1 aromatic carbocycles. The SMILES string of the molecule is CC(=O)OCCc1csc(NC(=O)c2ccc(C)c(Nc3nccc(-c4cccnc4)n3)c2)n1. The second kappa shape index (κ2) is 10.6. The van der Waals surface area contributed by atoms with Crippen LogP contribution in [-0.4, -0.2) is 38.4 Å². The molecule has 0 fully saturated rings.